The number of hydrogen-bond acceptors (Lipinski definition) is 4. The van der Waals surface area contributed by atoms with Crippen LogP contribution in [0.5, 0.6) is 0 Å². The Morgan fingerprint density at radius 2 is 1.66 bits per heavy atom. The molecule has 1 aliphatic heterocycles. The second-order valence-electron chi connectivity index (χ2n) is 8.66. The van der Waals surface area contributed by atoms with Crippen LogP contribution in [-0.2, 0) is 27.9 Å². The molecule has 6 nitrogen and oxygen atoms in total. The van der Waals surface area contributed by atoms with Crippen LogP contribution in [0, 0.1) is 6.92 Å². The van der Waals surface area contributed by atoms with Crippen molar-refractivity contribution in [2.75, 3.05) is 30.2 Å². The van der Waals surface area contributed by atoms with Crippen LogP contribution in [0.4, 0.5) is 5.69 Å². The highest BCUT2D eigenvalue weighted by molar-refractivity contribution is 7.92. The van der Waals surface area contributed by atoms with Crippen LogP contribution >= 0.6 is 0 Å². The molecule has 0 atom stereocenters. The fraction of sp³-hybridized carbons (Fsp3) is 0.480. The van der Waals surface area contributed by atoms with Crippen LogP contribution in [0.3, 0.4) is 0 Å². The highest BCUT2D eigenvalue weighted by Gasteiger charge is 2.19. The molecule has 1 saturated heterocycles. The summed E-state index contributed by atoms with van der Waals surface area (Å²) in [6.45, 7) is 6.00. The fourth-order valence-electron chi connectivity index (χ4n) is 4.12. The third-order valence-corrected chi connectivity index (χ3v) is 7.10. The first kappa shape index (κ1) is 24.3. The summed E-state index contributed by atoms with van der Waals surface area (Å²) in [5, 5.41) is 2.95. The minimum absolute atomic E-state index is 0.0689. The number of anilines is 1. The number of sulfonamides is 1. The lowest BCUT2D eigenvalue weighted by atomic mass is 10.1. The van der Waals surface area contributed by atoms with E-state index in [2.05, 4.69) is 34.5 Å². The Morgan fingerprint density at radius 1 is 1.00 bits per heavy atom. The molecule has 1 aliphatic rings. The molecule has 0 saturated carbocycles. The van der Waals surface area contributed by atoms with Crippen LogP contribution in [0.25, 0.3) is 0 Å². The van der Waals surface area contributed by atoms with Crippen LogP contribution in [0.2, 0.25) is 0 Å². The predicted molar refractivity (Wildman–Crippen MR) is 130 cm³/mol. The molecule has 1 N–H and O–H groups in total. The van der Waals surface area contributed by atoms with Gasteiger partial charge in [0.25, 0.3) is 0 Å². The number of para-hydroxylation sites is 1. The quantitative estimate of drug-likeness (QED) is 0.588. The Hall–Kier alpha value is -2.38. The molecule has 1 fully saturated rings. The van der Waals surface area contributed by atoms with E-state index in [9.17, 15) is 13.2 Å². The number of carbonyl (C=O) groups is 1. The van der Waals surface area contributed by atoms with Crippen molar-refractivity contribution in [3.8, 4) is 0 Å². The Bertz CT molecular complexity index is 984. The molecule has 7 heteroatoms. The molecular formula is C25H35N3O3S. The second kappa shape index (κ2) is 11.5. The van der Waals surface area contributed by atoms with Gasteiger partial charge in [-0.2, -0.15) is 0 Å². The predicted octanol–water partition coefficient (Wildman–Crippen LogP) is 3.84. The maximum absolute atomic E-state index is 12.3. The molecule has 174 valence electrons. The van der Waals surface area contributed by atoms with Gasteiger partial charge < -0.3 is 5.32 Å². The summed E-state index contributed by atoms with van der Waals surface area (Å²) in [4.78, 5) is 14.8. The average molecular weight is 458 g/mol. The minimum atomic E-state index is -3.41. The summed E-state index contributed by atoms with van der Waals surface area (Å²) < 4.78 is 25.9. The third kappa shape index (κ3) is 7.35. The molecule has 0 radical (unpaired) electrons. The van der Waals surface area contributed by atoms with Gasteiger partial charge in [0, 0.05) is 26.1 Å². The number of aryl methyl sites for hydroxylation is 1. The van der Waals surface area contributed by atoms with Crippen LogP contribution in [-0.4, -0.2) is 45.1 Å². The average Bonchev–Trinajstić information content (AvgIpc) is 2.77. The summed E-state index contributed by atoms with van der Waals surface area (Å²) in [5.41, 5.74) is 3.93. The molecule has 0 spiro atoms. The number of piperidine rings is 1. The van der Waals surface area contributed by atoms with Crippen LogP contribution < -0.4 is 9.62 Å². The number of hydrogen-bond donors (Lipinski definition) is 1. The second-order valence-corrected chi connectivity index (χ2v) is 10.6. The number of nitrogens with one attached hydrogen (secondary N) is 1. The monoisotopic (exact) mass is 457 g/mol. The van der Waals surface area contributed by atoms with Crippen LogP contribution in [0.15, 0.2) is 48.5 Å². The summed E-state index contributed by atoms with van der Waals surface area (Å²) >= 11 is 0. The Morgan fingerprint density at radius 3 is 2.31 bits per heavy atom. The van der Waals surface area contributed by atoms with Gasteiger partial charge in [0.1, 0.15) is 0 Å². The van der Waals surface area contributed by atoms with Crippen molar-refractivity contribution < 1.29 is 13.2 Å². The minimum Gasteiger partial charge on any atom is -0.352 e. The third-order valence-electron chi connectivity index (χ3n) is 5.92. The first-order valence-electron chi connectivity index (χ1n) is 11.4. The number of rotatable bonds is 10. The van der Waals surface area contributed by atoms with E-state index in [1.54, 1.807) is 6.07 Å². The van der Waals surface area contributed by atoms with Gasteiger partial charge in [-0.3, -0.25) is 14.0 Å². The number of benzene rings is 2. The van der Waals surface area contributed by atoms with E-state index in [4.69, 9.17) is 0 Å². The van der Waals surface area contributed by atoms with Crippen molar-refractivity contribution in [1.82, 2.24) is 10.2 Å². The van der Waals surface area contributed by atoms with E-state index in [1.807, 2.05) is 25.1 Å². The molecule has 32 heavy (non-hydrogen) atoms. The Balaban J connectivity index is 1.44. The largest absolute Gasteiger partial charge is 0.352 e. The van der Waals surface area contributed by atoms with Gasteiger partial charge in [-0.05, 0) is 62.0 Å². The maximum atomic E-state index is 12.3. The van der Waals surface area contributed by atoms with Crippen LogP contribution in [0.1, 0.15) is 48.8 Å². The number of nitrogens with zero attached hydrogens (tertiary/aromatic N) is 2. The van der Waals surface area contributed by atoms with E-state index >= 15 is 0 Å². The molecular weight excluding hydrogens is 422 g/mol. The highest BCUT2D eigenvalue weighted by Crippen LogP contribution is 2.22. The zero-order valence-electron chi connectivity index (χ0n) is 19.2. The van der Waals surface area contributed by atoms with E-state index in [0.29, 0.717) is 18.7 Å². The molecule has 2 aromatic rings. The lowest BCUT2D eigenvalue weighted by Gasteiger charge is -2.26. The molecule has 1 amide bonds. The van der Waals surface area contributed by atoms with Crippen molar-refractivity contribution >= 4 is 21.6 Å². The SMILES string of the molecule is Cc1ccccc1N(CCCC(=O)NCc1ccc(CN2CCCCC2)cc1)S(C)(=O)=O. The van der Waals surface area contributed by atoms with E-state index in [-0.39, 0.29) is 18.9 Å². The first-order chi connectivity index (χ1) is 15.3. The summed E-state index contributed by atoms with van der Waals surface area (Å²) in [7, 11) is -3.41. The van der Waals surface area contributed by atoms with Gasteiger partial charge >= 0.3 is 0 Å². The van der Waals surface area contributed by atoms with Crippen molar-refractivity contribution in [3.63, 3.8) is 0 Å². The summed E-state index contributed by atoms with van der Waals surface area (Å²) in [6.07, 6.45) is 5.86. The normalized spacial score (nSPS) is 14.8. The van der Waals surface area contributed by atoms with Gasteiger partial charge in [-0.25, -0.2) is 8.42 Å². The molecule has 0 aliphatic carbocycles. The number of amides is 1. The molecule has 2 aromatic carbocycles. The molecule has 3 rings (SSSR count). The van der Waals surface area contributed by atoms with Gasteiger partial charge in [-0.15, -0.1) is 0 Å². The molecule has 0 aromatic heterocycles. The lowest BCUT2D eigenvalue weighted by molar-refractivity contribution is -0.121. The first-order valence-corrected chi connectivity index (χ1v) is 13.3. The lowest BCUT2D eigenvalue weighted by Crippen LogP contribution is -2.32. The van der Waals surface area contributed by atoms with Gasteiger partial charge in [0.05, 0.1) is 11.9 Å². The van der Waals surface area contributed by atoms with E-state index in [0.717, 1.165) is 17.7 Å². The standard InChI is InChI=1S/C25H35N3O3S/c1-21-9-4-5-10-24(21)28(32(2,30)31)18-8-11-25(29)26-19-22-12-14-23(15-13-22)20-27-16-6-3-7-17-27/h4-5,9-10,12-15H,3,6-8,11,16-20H2,1-2H3,(H,26,29). The molecule has 0 unspecified atom stereocenters. The Labute approximate surface area is 192 Å². The smallest absolute Gasteiger partial charge is 0.232 e. The van der Waals surface area contributed by atoms with E-state index < -0.39 is 10.0 Å². The Kier molecular flexibility index (Phi) is 8.70. The number of carbonyl (C=O) groups excluding carboxylic acids is 1. The van der Waals surface area contributed by atoms with Crippen molar-refractivity contribution in [3.05, 3.63) is 65.2 Å². The van der Waals surface area contributed by atoms with E-state index in [1.165, 1.54) is 48.5 Å². The van der Waals surface area contributed by atoms with Gasteiger partial charge in [-0.1, -0.05) is 48.9 Å². The summed E-state index contributed by atoms with van der Waals surface area (Å²) in [6, 6.07) is 15.8. The zero-order valence-corrected chi connectivity index (χ0v) is 20.0. The molecule has 0 bridgehead atoms. The zero-order chi connectivity index (χ0) is 23.0. The van der Waals surface area contributed by atoms with Crippen molar-refractivity contribution in [1.29, 1.82) is 0 Å². The van der Waals surface area contributed by atoms with Gasteiger partial charge in [0.15, 0.2) is 0 Å². The fourth-order valence-corrected chi connectivity index (χ4v) is 5.14. The van der Waals surface area contributed by atoms with Crippen molar-refractivity contribution in [2.24, 2.45) is 0 Å². The van der Waals surface area contributed by atoms with Crippen molar-refractivity contribution in [2.45, 2.75) is 52.1 Å². The number of likely N-dealkylation sites (tertiary alicyclic amines) is 1. The highest BCUT2D eigenvalue weighted by atomic mass is 32.2. The topological polar surface area (TPSA) is 69.7 Å². The summed E-state index contributed by atoms with van der Waals surface area (Å²) in [5.74, 6) is -0.0689. The maximum Gasteiger partial charge on any atom is 0.232 e. The molecule has 1 heterocycles. The van der Waals surface area contributed by atoms with Gasteiger partial charge in [0.2, 0.25) is 15.9 Å².